The number of nitrogens with zero attached hydrogens (tertiary/aromatic N) is 4. The molecule has 2 aromatic rings. The second kappa shape index (κ2) is 7.75. The van der Waals surface area contributed by atoms with Crippen molar-refractivity contribution in [2.24, 2.45) is 0 Å². The largest absolute Gasteiger partial charge is 0.367 e. The van der Waals surface area contributed by atoms with Gasteiger partial charge >= 0.3 is 0 Å². The van der Waals surface area contributed by atoms with Gasteiger partial charge in [-0.3, -0.25) is 0 Å². The van der Waals surface area contributed by atoms with E-state index in [9.17, 15) is 0 Å². The molecule has 0 radical (unpaired) electrons. The summed E-state index contributed by atoms with van der Waals surface area (Å²) in [7, 11) is 4.05. The molecule has 112 valence electrons. The Morgan fingerprint density at radius 2 is 2.00 bits per heavy atom. The normalized spacial score (nSPS) is 10.7. The van der Waals surface area contributed by atoms with Crippen LogP contribution in [0.1, 0.15) is 5.56 Å². The molecule has 1 aromatic heterocycles. The molecule has 0 saturated carbocycles. The molecule has 0 aliphatic rings. The smallest absolute Gasteiger partial charge is 0.244 e. The summed E-state index contributed by atoms with van der Waals surface area (Å²) < 4.78 is 0. The van der Waals surface area contributed by atoms with Gasteiger partial charge in [0.05, 0.1) is 6.20 Å². The third-order valence-corrected chi connectivity index (χ3v) is 3.19. The summed E-state index contributed by atoms with van der Waals surface area (Å²) in [5, 5.41) is 14.9. The van der Waals surface area contributed by atoms with Crippen molar-refractivity contribution < 1.29 is 0 Å². The summed E-state index contributed by atoms with van der Waals surface area (Å²) in [5.74, 6) is 1.18. The Hall–Kier alpha value is -1.92. The van der Waals surface area contributed by atoms with E-state index in [-0.39, 0.29) is 0 Å². The zero-order chi connectivity index (χ0) is 15.1. The van der Waals surface area contributed by atoms with Gasteiger partial charge in [-0.1, -0.05) is 29.8 Å². The minimum atomic E-state index is 0.477. The monoisotopic (exact) mass is 306 g/mol. The van der Waals surface area contributed by atoms with Crippen LogP contribution in [-0.4, -0.2) is 47.3 Å². The van der Waals surface area contributed by atoms with Crippen molar-refractivity contribution in [3.63, 3.8) is 0 Å². The highest BCUT2D eigenvalue weighted by atomic mass is 35.5. The third kappa shape index (κ3) is 5.17. The van der Waals surface area contributed by atoms with Crippen molar-refractivity contribution in [2.75, 3.05) is 37.8 Å². The van der Waals surface area contributed by atoms with Gasteiger partial charge in [0.25, 0.3) is 0 Å². The minimum Gasteiger partial charge on any atom is -0.367 e. The van der Waals surface area contributed by atoms with Gasteiger partial charge in [-0.05, 0) is 25.7 Å². The third-order valence-electron chi connectivity index (χ3n) is 2.82. The molecule has 0 atom stereocenters. The van der Waals surface area contributed by atoms with Crippen molar-refractivity contribution in [3.8, 4) is 0 Å². The molecule has 0 unspecified atom stereocenters. The molecule has 0 saturated heterocycles. The van der Waals surface area contributed by atoms with E-state index in [1.54, 1.807) is 6.20 Å². The summed E-state index contributed by atoms with van der Waals surface area (Å²) in [6.07, 6.45) is 1.61. The molecule has 1 aromatic carbocycles. The molecular formula is C14H19ClN6. The zero-order valence-corrected chi connectivity index (χ0v) is 12.9. The second-order valence-electron chi connectivity index (χ2n) is 4.84. The lowest BCUT2D eigenvalue weighted by Gasteiger charge is -2.11. The number of benzene rings is 1. The Bertz CT molecular complexity index is 575. The number of rotatable bonds is 7. The van der Waals surface area contributed by atoms with Crippen LogP contribution in [0, 0.1) is 0 Å². The number of hydrogen-bond acceptors (Lipinski definition) is 6. The van der Waals surface area contributed by atoms with Gasteiger partial charge in [0.15, 0.2) is 5.82 Å². The summed E-state index contributed by atoms with van der Waals surface area (Å²) in [5.41, 5.74) is 0.994. The van der Waals surface area contributed by atoms with E-state index in [1.807, 2.05) is 38.4 Å². The molecule has 0 fully saturated rings. The van der Waals surface area contributed by atoms with Gasteiger partial charge in [0.1, 0.15) is 0 Å². The zero-order valence-electron chi connectivity index (χ0n) is 12.2. The van der Waals surface area contributed by atoms with Crippen molar-refractivity contribution in [2.45, 2.75) is 6.54 Å². The Morgan fingerprint density at radius 1 is 1.19 bits per heavy atom. The SMILES string of the molecule is CN(C)CCNc1cnnc(NCc2ccccc2Cl)n1. The Kier molecular flexibility index (Phi) is 5.71. The Balaban J connectivity index is 1.90. The lowest BCUT2D eigenvalue weighted by Crippen LogP contribution is -2.21. The molecule has 1 heterocycles. The van der Waals surface area contributed by atoms with Crippen molar-refractivity contribution in [1.29, 1.82) is 0 Å². The van der Waals surface area contributed by atoms with Crippen LogP contribution >= 0.6 is 11.6 Å². The summed E-state index contributed by atoms with van der Waals surface area (Å²) in [4.78, 5) is 6.45. The highest BCUT2D eigenvalue weighted by Crippen LogP contribution is 2.15. The number of hydrogen-bond donors (Lipinski definition) is 2. The van der Waals surface area contributed by atoms with E-state index in [2.05, 4.69) is 30.7 Å². The van der Waals surface area contributed by atoms with E-state index >= 15 is 0 Å². The van der Waals surface area contributed by atoms with Crippen LogP contribution in [0.5, 0.6) is 0 Å². The predicted octanol–water partition coefficient (Wildman–Crippen LogP) is 2.11. The molecule has 2 N–H and O–H groups in total. The van der Waals surface area contributed by atoms with E-state index in [1.165, 1.54) is 0 Å². The topological polar surface area (TPSA) is 66.0 Å². The molecule has 0 aliphatic heterocycles. The first-order valence-corrected chi connectivity index (χ1v) is 7.08. The maximum absolute atomic E-state index is 6.11. The van der Waals surface area contributed by atoms with E-state index in [4.69, 9.17) is 11.6 Å². The van der Waals surface area contributed by atoms with Gasteiger partial charge in [-0.25, -0.2) is 0 Å². The molecular weight excluding hydrogens is 288 g/mol. The maximum Gasteiger partial charge on any atom is 0.244 e. The molecule has 0 amide bonds. The van der Waals surface area contributed by atoms with Crippen molar-refractivity contribution in [3.05, 3.63) is 41.0 Å². The first kappa shape index (κ1) is 15.5. The average molecular weight is 307 g/mol. The second-order valence-corrected chi connectivity index (χ2v) is 5.25. The molecule has 0 spiro atoms. The van der Waals surface area contributed by atoms with Crippen LogP contribution in [0.3, 0.4) is 0 Å². The molecule has 7 heteroatoms. The highest BCUT2D eigenvalue weighted by molar-refractivity contribution is 6.31. The number of halogens is 1. The Morgan fingerprint density at radius 3 is 2.76 bits per heavy atom. The number of aromatic nitrogens is 3. The quantitative estimate of drug-likeness (QED) is 0.817. The van der Waals surface area contributed by atoms with Gasteiger partial charge in [0.2, 0.25) is 5.95 Å². The van der Waals surface area contributed by atoms with Gasteiger partial charge < -0.3 is 15.5 Å². The highest BCUT2D eigenvalue weighted by Gasteiger charge is 2.02. The maximum atomic E-state index is 6.11. The molecule has 6 nitrogen and oxygen atoms in total. The number of nitrogens with one attached hydrogen (secondary N) is 2. The lowest BCUT2D eigenvalue weighted by molar-refractivity contribution is 0.425. The van der Waals surface area contributed by atoms with Gasteiger partial charge in [-0.2, -0.15) is 10.1 Å². The van der Waals surface area contributed by atoms with Crippen LogP contribution in [0.25, 0.3) is 0 Å². The fourth-order valence-electron chi connectivity index (χ4n) is 1.69. The van der Waals surface area contributed by atoms with Crippen LogP contribution in [0.15, 0.2) is 30.5 Å². The van der Waals surface area contributed by atoms with Crippen LogP contribution < -0.4 is 10.6 Å². The first-order valence-electron chi connectivity index (χ1n) is 6.71. The average Bonchev–Trinajstić information content (AvgIpc) is 2.46. The first-order chi connectivity index (χ1) is 10.1. The van der Waals surface area contributed by atoms with Gasteiger partial charge in [-0.15, -0.1) is 5.10 Å². The fraction of sp³-hybridized carbons (Fsp3) is 0.357. The van der Waals surface area contributed by atoms with Crippen LogP contribution in [-0.2, 0) is 6.54 Å². The molecule has 0 aliphatic carbocycles. The van der Waals surface area contributed by atoms with Crippen molar-refractivity contribution >= 4 is 23.4 Å². The van der Waals surface area contributed by atoms with Crippen LogP contribution in [0.2, 0.25) is 5.02 Å². The minimum absolute atomic E-state index is 0.477. The standard InChI is InChI=1S/C14H19ClN6/c1-21(2)8-7-16-13-10-18-20-14(19-13)17-9-11-5-3-4-6-12(11)15/h3-6,10H,7-9H2,1-2H3,(H2,16,17,19,20). The number of anilines is 2. The van der Waals surface area contributed by atoms with Gasteiger partial charge in [0, 0.05) is 24.7 Å². The molecule has 21 heavy (non-hydrogen) atoms. The van der Waals surface area contributed by atoms with Crippen molar-refractivity contribution in [1.82, 2.24) is 20.1 Å². The number of likely N-dealkylation sites (N-methyl/N-ethyl adjacent to an activating group) is 1. The summed E-state index contributed by atoms with van der Waals surface area (Å²) >= 11 is 6.11. The van der Waals surface area contributed by atoms with E-state index < -0.39 is 0 Å². The summed E-state index contributed by atoms with van der Waals surface area (Å²) in [6, 6.07) is 7.67. The predicted molar refractivity (Wildman–Crippen MR) is 85.6 cm³/mol. The summed E-state index contributed by atoms with van der Waals surface area (Å²) in [6.45, 7) is 2.28. The lowest BCUT2D eigenvalue weighted by atomic mass is 10.2. The molecule has 2 rings (SSSR count). The van der Waals surface area contributed by atoms with Crippen LogP contribution in [0.4, 0.5) is 11.8 Å². The Labute approximate surface area is 129 Å². The molecule has 0 bridgehead atoms. The van der Waals surface area contributed by atoms with E-state index in [0.717, 1.165) is 23.7 Å². The van der Waals surface area contributed by atoms with E-state index in [0.29, 0.717) is 18.3 Å². The fourth-order valence-corrected chi connectivity index (χ4v) is 1.89.